The first-order valence-electron chi connectivity index (χ1n) is 5.50. The quantitative estimate of drug-likeness (QED) is 0.503. The van der Waals surface area contributed by atoms with Gasteiger partial charge in [0.15, 0.2) is 0 Å². The minimum absolute atomic E-state index is 0.0404. The molecular weight excluding hydrogens is 305 g/mol. The third-order valence-corrected chi connectivity index (χ3v) is 8.41. The fourth-order valence-corrected chi connectivity index (χ4v) is 4.98. The van der Waals surface area contributed by atoms with E-state index in [4.69, 9.17) is 11.5 Å². The van der Waals surface area contributed by atoms with Gasteiger partial charge in [-0.2, -0.15) is 0 Å². The molecule has 0 bridgehead atoms. The predicted octanol–water partition coefficient (Wildman–Crippen LogP) is 1.57. The normalized spacial score (nSPS) is 13.2. The van der Waals surface area contributed by atoms with Crippen molar-refractivity contribution < 1.29 is 0 Å². The number of hydrogen-bond acceptors (Lipinski definition) is 1. The van der Waals surface area contributed by atoms with Crippen molar-refractivity contribution in [1.82, 2.24) is 0 Å². The van der Waals surface area contributed by atoms with Gasteiger partial charge in [0.1, 0.15) is 0 Å². The van der Waals surface area contributed by atoms with E-state index < -0.39 is 18.4 Å². The molecule has 0 saturated heterocycles. The molecule has 0 heterocycles. The third kappa shape index (κ3) is 3.70. The summed E-state index contributed by atoms with van der Waals surface area (Å²) in [5, 5.41) is 0. The summed E-state index contributed by atoms with van der Waals surface area (Å²) in [6, 6.07) is 8.71. The molecule has 0 aliphatic heterocycles. The fourth-order valence-electron chi connectivity index (χ4n) is 1.56. The topological polar surface area (TPSA) is 64.4 Å². The van der Waals surface area contributed by atoms with Crippen LogP contribution in [0.3, 0.4) is 0 Å². The van der Waals surface area contributed by atoms with Crippen molar-refractivity contribution in [3.63, 3.8) is 0 Å². The molecule has 3 nitrogen and oxygen atoms in total. The Morgan fingerprint density at radius 2 is 1.88 bits per heavy atom. The van der Waals surface area contributed by atoms with E-state index in [0.717, 1.165) is 0 Å². The second-order valence-corrected chi connectivity index (χ2v) is 19.6. The molecule has 0 amide bonds. The van der Waals surface area contributed by atoms with Crippen LogP contribution >= 0.6 is 0 Å². The standard InChI is InChI=1S/C9H12N3.3CH3.Sn/c1-7(12-9(10)11)8-5-3-2-4-6-8;;;;/h2-3,5-7H,1H3,(H4,10,11,12);3*1H3;. The van der Waals surface area contributed by atoms with Crippen LogP contribution in [0.4, 0.5) is 0 Å². The van der Waals surface area contributed by atoms with Gasteiger partial charge >= 0.3 is 102 Å². The van der Waals surface area contributed by atoms with Crippen molar-refractivity contribution in [3.05, 3.63) is 29.8 Å². The van der Waals surface area contributed by atoms with Gasteiger partial charge in [-0.15, -0.1) is 0 Å². The number of nitrogens with zero attached hydrogens (tertiary/aromatic N) is 1. The first-order valence-corrected chi connectivity index (χ1v) is 15.5. The fraction of sp³-hybridized carbons (Fsp3) is 0.417. The van der Waals surface area contributed by atoms with Crippen molar-refractivity contribution in [3.8, 4) is 0 Å². The molecule has 0 radical (unpaired) electrons. The molecule has 88 valence electrons. The van der Waals surface area contributed by atoms with Gasteiger partial charge in [-0.1, -0.05) is 0 Å². The zero-order valence-electron chi connectivity index (χ0n) is 10.5. The van der Waals surface area contributed by atoms with E-state index >= 15 is 0 Å². The number of hydrogen-bond donors (Lipinski definition) is 2. The predicted molar refractivity (Wildman–Crippen MR) is 73.6 cm³/mol. The van der Waals surface area contributed by atoms with E-state index in [9.17, 15) is 0 Å². The van der Waals surface area contributed by atoms with E-state index in [1.807, 2.05) is 6.92 Å². The number of rotatable bonds is 3. The van der Waals surface area contributed by atoms with Gasteiger partial charge in [0.25, 0.3) is 0 Å². The number of guanidine groups is 1. The molecule has 1 aromatic rings. The molecule has 0 aromatic heterocycles. The Kier molecular flexibility index (Phi) is 4.24. The van der Waals surface area contributed by atoms with Crippen molar-refractivity contribution >= 4 is 27.9 Å². The summed E-state index contributed by atoms with van der Waals surface area (Å²) in [5.74, 6) is 0.150. The second kappa shape index (κ2) is 5.08. The molecule has 0 fully saturated rings. The first kappa shape index (κ1) is 13.4. The maximum absolute atomic E-state index is 5.40. The van der Waals surface area contributed by atoms with E-state index in [1.165, 1.54) is 9.14 Å². The average molecular weight is 326 g/mol. The van der Waals surface area contributed by atoms with Gasteiger partial charge in [0.05, 0.1) is 0 Å². The van der Waals surface area contributed by atoms with E-state index in [2.05, 4.69) is 44.1 Å². The van der Waals surface area contributed by atoms with Crippen molar-refractivity contribution in [1.29, 1.82) is 0 Å². The van der Waals surface area contributed by atoms with Crippen LogP contribution in [-0.2, 0) is 0 Å². The van der Waals surface area contributed by atoms with Crippen LogP contribution in [0.15, 0.2) is 29.3 Å². The minimum atomic E-state index is -1.98. The average Bonchev–Trinajstić information content (AvgIpc) is 2.15. The maximum atomic E-state index is 5.40. The van der Waals surface area contributed by atoms with Crippen molar-refractivity contribution in [2.45, 2.75) is 27.8 Å². The molecule has 1 aromatic carbocycles. The zero-order chi connectivity index (χ0) is 12.3. The molecule has 1 atom stereocenters. The van der Waals surface area contributed by atoms with Crippen LogP contribution in [0.5, 0.6) is 0 Å². The summed E-state index contributed by atoms with van der Waals surface area (Å²) < 4.78 is 1.50. The van der Waals surface area contributed by atoms with Crippen LogP contribution in [0, 0.1) is 0 Å². The van der Waals surface area contributed by atoms with Crippen LogP contribution < -0.4 is 15.0 Å². The summed E-state index contributed by atoms with van der Waals surface area (Å²) in [6.07, 6.45) is 0. The van der Waals surface area contributed by atoms with Crippen LogP contribution in [0.2, 0.25) is 14.8 Å². The Hall–Kier alpha value is -0.711. The molecule has 0 aliphatic rings. The molecule has 1 unspecified atom stereocenters. The molecule has 4 N–H and O–H groups in total. The van der Waals surface area contributed by atoms with E-state index in [1.54, 1.807) is 0 Å². The summed E-state index contributed by atoms with van der Waals surface area (Å²) in [4.78, 5) is 11.4. The Bertz CT molecular complexity index is 389. The van der Waals surface area contributed by atoms with Gasteiger partial charge < -0.3 is 0 Å². The Morgan fingerprint density at radius 1 is 1.25 bits per heavy atom. The molecule has 16 heavy (non-hydrogen) atoms. The number of aliphatic imine (C=N–C) groups is 1. The van der Waals surface area contributed by atoms with Crippen LogP contribution in [0.25, 0.3) is 0 Å². The van der Waals surface area contributed by atoms with Crippen molar-refractivity contribution in [2.24, 2.45) is 16.5 Å². The van der Waals surface area contributed by atoms with Gasteiger partial charge in [-0.3, -0.25) is 0 Å². The molecule has 1 rings (SSSR count). The summed E-state index contributed by atoms with van der Waals surface area (Å²) in [5.41, 5.74) is 12.0. The monoisotopic (exact) mass is 327 g/mol. The SMILES string of the molecule is CC(N=C(N)N)c1ccc[c]([Sn]([CH3])([CH3])[CH3])c1. The van der Waals surface area contributed by atoms with Gasteiger partial charge in [-0.05, 0) is 0 Å². The Labute approximate surface area is 102 Å². The molecular formula is C12H21N3Sn. The molecule has 0 saturated carbocycles. The molecule has 0 spiro atoms. The van der Waals surface area contributed by atoms with Crippen LogP contribution in [0.1, 0.15) is 18.5 Å². The number of nitrogens with two attached hydrogens (primary N) is 2. The second-order valence-electron chi connectivity index (χ2n) is 5.11. The van der Waals surface area contributed by atoms with Gasteiger partial charge in [0.2, 0.25) is 0 Å². The number of benzene rings is 1. The van der Waals surface area contributed by atoms with Gasteiger partial charge in [-0.25, -0.2) is 0 Å². The first-order chi connectivity index (χ1) is 7.30. The Balaban J connectivity index is 3.04. The summed E-state index contributed by atoms with van der Waals surface area (Å²) in [7, 11) is 0. The van der Waals surface area contributed by atoms with E-state index in [0.29, 0.717) is 0 Å². The van der Waals surface area contributed by atoms with Crippen LogP contribution in [-0.4, -0.2) is 24.3 Å². The summed E-state index contributed by atoms with van der Waals surface area (Å²) >= 11 is -1.98. The third-order valence-electron chi connectivity index (χ3n) is 2.58. The van der Waals surface area contributed by atoms with Crippen molar-refractivity contribution in [2.75, 3.05) is 0 Å². The van der Waals surface area contributed by atoms with E-state index in [-0.39, 0.29) is 12.0 Å². The van der Waals surface area contributed by atoms with Gasteiger partial charge in [0, 0.05) is 0 Å². The summed E-state index contributed by atoms with van der Waals surface area (Å²) in [6.45, 7) is 2.01. The Morgan fingerprint density at radius 3 is 2.38 bits per heavy atom. The molecule has 0 aliphatic carbocycles. The molecule has 4 heteroatoms. The zero-order valence-corrected chi connectivity index (χ0v) is 13.3.